The van der Waals surface area contributed by atoms with Crippen molar-refractivity contribution < 1.29 is 14.3 Å². The van der Waals surface area contributed by atoms with Gasteiger partial charge in [-0.2, -0.15) is 0 Å². The minimum atomic E-state index is -0.207. The van der Waals surface area contributed by atoms with Crippen LogP contribution in [0.3, 0.4) is 0 Å². The molecule has 2 aromatic rings. The molecule has 0 bridgehead atoms. The maximum absolute atomic E-state index is 12.2. The average molecular weight is 334 g/mol. The van der Waals surface area contributed by atoms with Gasteiger partial charge < -0.3 is 14.8 Å². The lowest BCUT2D eigenvalue weighted by Crippen LogP contribution is -2.12. The first-order chi connectivity index (χ1) is 11.0. The fourth-order valence-electron chi connectivity index (χ4n) is 1.95. The van der Waals surface area contributed by atoms with Gasteiger partial charge in [0, 0.05) is 11.3 Å². The molecule has 4 nitrogen and oxygen atoms in total. The number of benzene rings is 2. The van der Waals surface area contributed by atoms with Gasteiger partial charge in [0.05, 0.1) is 18.2 Å². The molecule has 0 heterocycles. The zero-order valence-electron chi connectivity index (χ0n) is 13.4. The van der Waals surface area contributed by atoms with Gasteiger partial charge in [0.2, 0.25) is 0 Å². The third-order valence-corrected chi connectivity index (χ3v) is 3.73. The topological polar surface area (TPSA) is 47.6 Å². The molecular formula is C18H20ClNO3. The lowest BCUT2D eigenvalue weighted by Gasteiger charge is -2.13. The van der Waals surface area contributed by atoms with Crippen molar-refractivity contribution >= 4 is 23.2 Å². The Labute approximate surface area is 141 Å². The van der Waals surface area contributed by atoms with Crippen molar-refractivity contribution in [2.45, 2.75) is 26.4 Å². The Morgan fingerprint density at radius 1 is 1.22 bits per heavy atom. The molecule has 0 aliphatic rings. The predicted octanol–water partition coefficient (Wildman–Crippen LogP) is 4.78. The summed E-state index contributed by atoms with van der Waals surface area (Å²) >= 11 is 6.05. The lowest BCUT2D eigenvalue weighted by atomic mass is 10.2. The van der Waals surface area contributed by atoms with Gasteiger partial charge in [-0.3, -0.25) is 4.79 Å². The number of carbonyl (C=O) groups excluding carboxylic acids is 1. The normalized spacial score (nSPS) is 11.7. The summed E-state index contributed by atoms with van der Waals surface area (Å²) in [5.74, 6) is 1.11. The predicted molar refractivity (Wildman–Crippen MR) is 92.8 cm³/mol. The smallest absolute Gasteiger partial charge is 0.255 e. The second-order valence-electron chi connectivity index (χ2n) is 5.16. The monoisotopic (exact) mass is 333 g/mol. The van der Waals surface area contributed by atoms with Crippen molar-refractivity contribution in [2.24, 2.45) is 0 Å². The molecule has 2 aromatic carbocycles. The highest BCUT2D eigenvalue weighted by Gasteiger charge is 2.09. The minimum absolute atomic E-state index is 0.149. The number of carbonyl (C=O) groups is 1. The first-order valence-electron chi connectivity index (χ1n) is 7.45. The first-order valence-corrected chi connectivity index (χ1v) is 7.83. The number of hydrogen-bond acceptors (Lipinski definition) is 3. The van der Waals surface area contributed by atoms with E-state index in [-0.39, 0.29) is 12.0 Å². The molecule has 23 heavy (non-hydrogen) atoms. The van der Waals surface area contributed by atoms with Gasteiger partial charge in [0.15, 0.2) is 0 Å². The molecule has 1 amide bonds. The average Bonchev–Trinajstić information content (AvgIpc) is 2.55. The lowest BCUT2D eigenvalue weighted by molar-refractivity contribution is 0.102. The van der Waals surface area contributed by atoms with E-state index < -0.39 is 0 Å². The highest BCUT2D eigenvalue weighted by molar-refractivity contribution is 6.32. The maximum Gasteiger partial charge on any atom is 0.255 e. The summed E-state index contributed by atoms with van der Waals surface area (Å²) in [7, 11) is 1.54. The first kappa shape index (κ1) is 17.2. The number of rotatable bonds is 6. The molecule has 122 valence electrons. The van der Waals surface area contributed by atoms with Crippen LogP contribution in [-0.2, 0) is 0 Å². The Bertz CT molecular complexity index is 670. The van der Waals surface area contributed by atoms with E-state index in [2.05, 4.69) is 12.2 Å². The zero-order valence-corrected chi connectivity index (χ0v) is 14.2. The van der Waals surface area contributed by atoms with E-state index in [1.165, 1.54) is 0 Å². The quantitative estimate of drug-likeness (QED) is 0.827. The molecular weight excluding hydrogens is 314 g/mol. The van der Waals surface area contributed by atoms with Crippen LogP contribution in [0.25, 0.3) is 0 Å². The van der Waals surface area contributed by atoms with E-state index >= 15 is 0 Å². The van der Waals surface area contributed by atoms with Gasteiger partial charge in [0.1, 0.15) is 11.5 Å². The molecule has 5 heteroatoms. The third-order valence-electron chi connectivity index (χ3n) is 3.44. The Kier molecular flexibility index (Phi) is 5.88. The van der Waals surface area contributed by atoms with Gasteiger partial charge in [-0.05, 0) is 55.8 Å². The van der Waals surface area contributed by atoms with Crippen LogP contribution in [0.4, 0.5) is 5.69 Å². The molecule has 1 N–H and O–H groups in total. The number of hydrogen-bond donors (Lipinski definition) is 1. The number of ether oxygens (including phenoxy) is 2. The number of methoxy groups -OCH3 is 1. The van der Waals surface area contributed by atoms with Crippen LogP contribution in [0.15, 0.2) is 42.5 Å². The summed E-state index contributed by atoms with van der Waals surface area (Å²) in [5.41, 5.74) is 1.16. The van der Waals surface area contributed by atoms with Crippen molar-refractivity contribution in [3.63, 3.8) is 0 Å². The summed E-state index contributed by atoms with van der Waals surface area (Å²) in [4.78, 5) is 12.2. The second kappa shape index (κ2) is 7.88. The molecule has 0 spiro atoms. The summed E-state index contributed by atoms with van der Waals surface area (Å²) in [6.45, 7) is 4.07. The fourth-order valence-corrected chi connectivity index (χ4v) is 2.21. The summed E-state index contributed by atoms with van der Waals surface area (Å²) in [6, 6.07) is 12.2. The molecule has 0 aliphatic heterocycles. The number of halogens is 1. The van der Waals surface area contributed by atoms with Crippen molar-refractivity contribution in [1.29, 1.82) is 0 Å². The fraction of sp³-hybridized carbons (Fsp3) is 0.278. The number of anilines is 1. The van der Waals surface area contributed by atoms with Crippen LogP contribution in [0.5, 0.6) is 11.5 Å². The minimum Gasteiger partial charge on any atom is -0.495 e. The van der Waals surface area contributed by atoms with E-state index in [4.69, 9.17) is 21.1 Å². The van der Waals surface area contributed by atoms with Crippen molar-refractivity contribution in [2.75, 3.05) is 12.4 Å². The van der Waals surface area contributed by atoms with Gasteiger partial charge in [-0.15, -0.1) is 0 Å². The summed E-state index contributed by atoms with van der Waals surface area (Å²) in [5, 5.41) is 3.25. The van der Waals surface area contributed by atoms with Gasteiger partial charge in [0.25, 0.3) is 5.91 Å². The van der Waals surface area contributed by atoms with Crippen LogP contribution < -0.4 is 14.8 Å². The molecule has 1 unspecified atom stereocenters. The Morgan fingerprint density at radius 2 is 1.91 bits per heavy atom. The number of nitrogens with one attached hydrogen (secondary N) is 1. The molecule has 0 saturated heterocycles. The standard InChI is InChI=1S/C18H20ClNO3/c1-4-12(2)23-15-8-5-13(6-9-15)18(21)20-14-7-10-17(22-3)16(19)11-14/h5-12H,4H2,1-3H3,(H,20,21). The molecule has 0 aliphatic carbocycles. The molecule has 1 atom stereocenters. The molecule has 2 rings (SSSR count). The van der Waals surface area contributed by atoms with E-state index in [1.54, 1.807) is 49.6 Å². The van der Waals surface area contributed by atoms with Crippen LogP contribution >= 0.6 is 11.6 Å². The Morgan fingerprint density at radius 3 is 2.48 bits per heavy atom. The highest BCUT2D eigenvalue weighted by Crippen LogP contribution is 2.27. The van der Waals surface area contributed by atoms with E-state index in [0.29, 0.717) is 22.0 Å². The molecule has 0 radical (unpaired) electrons. The molecule has 0 saturated carbocycles. The Balaban J connectivity index is 2.04. The van der Waals surface area contributed by atoms with Crippen molar-refractivity contribution in [3.8, 4) is 11.5 Å². The zero-order chi connectivity index (χ0) is 16.8. The highest BCUT2D eigenvalue weighted by atomic mass is 35.5. The second-order valence-corrected chi connectivity index (χ2v) is 5.57. The van der Waals surface area contributed by atoms with Gasteiger partial charge in [-0.25, -0.2) is 0 Å². The van der Waals surface area contributed by atoms with Crippen LogP contribution in [0.1, 0.15) is 30.6 Å². The summed E-state index contributed by atoms with van der Waals surface area (Å²) < 4.78 is 10.8. The van der Waals surface area contributed by atoms with Gasteiger partial charge in [-0.1, -0.05) is 18.5 Å². The Hall–Kier alpha value is -2.20. The van der Waals surface area contributed by atoms with Gasteiger partial charge >= 0.3 is 0 Å². The van der Waals surface area contributed by atoms with E-state index in [1.807, 2.05) is 6.92 Å². The largest absolute Gasteiger partial charge is 0.495 e. The molecule has 0 fully saturated rings. The van der Waals surface area contributed by atoms with Crippen molar-refractivity contribution in [3.05, 3.63) is 53.1 Å². The van der Waals surface area contributed by atoms with Crippen LogP contribution in [0, 0.1) is 0 Å². The van der Waals surface area contributed by atoms with Crippen LogP contribution in [0.2, 0.25) is 5.02 Å². The van der Waals surface area contributed by atoms with E-state index in [0.717, 1.165) is 12.2 Å². The summed E-state index contributed by atoms with van der Waals surface area (Å²) in [6.07, 6.45) is 1.08. The van der Waals surface area contributed by atoms with Crippen molar-refractivity contribution in [1.82, 2.24) is 0 Å². The number of amides is 1. The molecule has 0 aromatic heterocycles. The van der Waals surface area contributed by atoms with E-state index in [9.17, 15) is 4.79 Å². The third kappa shape index (κ3) is 4.63. The van der Waals surface area contributed by atoms with Crippen LogP contribution in [-0.4, -0.2) is 19.1 Å². The SMILES string of the molecule is CCC(C)Oc1ccc(C(=O)Nc2ccc(OC)c(Cl)c2)cc1. The maximum atomic E-state index is 12.2.